The number of hydrogen-bond acceptors (Lipinski definition) is 5. The lowest BCUT2D eigenvalue weighted by Crippen LogP contribution is -2.31. The number of nitrogens with zero attached hydrogens (tertiary/aromatic N) is 2. The van der Waals surface area contributed by atoms with Crippen molar-refractivity contribution in [1.82, 2.24) is 5.16 Å². The molecule has 1 heterocycles. The third kappa shape index (κ3) is 1.54. The van der Waals surface area contributed by atoms with Gasteiger partial charge in [-0.3, -0.25) is 4.63 Å². The average Bonchev–Trinajstić information content (AvgIpc) is 2.60. The summed E-state index contributed by atoms with van der Waals surface area (Å²) in [6.07, 6.45) is 0. The smallest absolute Gasteiger partial charge is 0.316 e. The van der Waals surface area contributed by atoms with Crippen molar-refractivity contribution < 1.29 is 17.9 Å². The zero-order chi connectivity index (χ0) is 11.8. The van der Waals surface area contributed by atoms with E-state index in [1.807, 2.05) is 0 Å². The summed E-state index contributed by atoms with van der Waals surface area (Å²) in [4.78, 5) is -0.0663. The monoisotopic (exact) mass is 240 g/mol. The van der Waals surface area contributed by atoms with Crippen LogP contribution in [0.15, 0.2) is 44.9 Å². The highest BCUT2D eigenvalue weighted by Gasteiger charge is 2.31. The average molecular weight is 240 g/mol. The topological polar surface area (TPSA) is 87.1 Å². The van der Waals surface area contributed by atoms with Crippen LogP contribution >= 0.6 is 0 Å². The molecule has 0 aliphatic heterocycles. The number of aromatic nitrogens is 2. The molecule has 0 N–H and O–H groups in total. The molecule has 2 rings (SSSR count). The van der Waals surface area contributed by atoms with Gasteiger partial charge in [0.15, 0.2) is 0 Å². The largest absolute Gasteiger partial charge is 0.358 e. The van der Waals surface area contributed by atoms with E-state index >= 15 is 0 Å². The Kier molecular flexibility index (Phi) is 2.39. The van der Waals surface area contributed by atoms with Crippen molar-refractivity contribution in [3.8, 4) is 0 Å². The molecule has 0 amide bonds. The predicted molar refractivity (Wildman–Crippen MR) is 52.1 cm³/mol. The zero-order valence-corrected chi connectivity index (χ0v) is 9.14. The van der Waals surface area contributed by atoms with Crippen molar-refractivity contribution in [2.24, 2.45) is 0 Å². The second kappa shape index (κ2) is 3.60. The Morgan fingerprint density at radius 2 is 1.94 bits per heavy atom. The van der Waals surface area contributed by atoms with E-state index in [1.165, 1.54) is 19.1 Å². The SMILES string of the molecule is Cc1no[n+]([O-])c1S(=O)(=O)c1ccccc1. The lowest BCUT2D eigenvalue weighted by Gasteiger charge is -2.00. The summed E-state index contributed by atoms with van der Waals surface area (Å²) in [6.45, 7) is 1.40. The number of aryl methyl sites for hydroxylation is 1. The van der Waals surface area contributed by atoms with Gasteiger partial charge in [-0.15, -0.1) is 0 Å². The summed E-state index contributed by atoms with van der Waals surface area (Å²) in [7, 11) is -3.86. The van der Waals surface area contributed by atoms with Crippen molar-refractivity contribution in [2.45, 2.75) is 16.8 Å². The maximum atomic E-state index is 12.0. The van der Waals surface area contributed by atoms with Crippen LogP contribution in [0.2, 0.25) is 0 Å². The first kappa shape index (κ1) is 10.6. The van der Waals surface area contributed by atoms with Crippen LogP contribution in [0.1, 0.15) is 5.69 Å². The Morgan fingerprint density at radius 3 is 2.44 bits per heavy atom. The fourth-order valence-corrected chi connectivity index (χ4v) is 2.70. The van der Waals surface area contributed by atoms with Gasteiger partial charge in [-0.05, 0) is 17.0 Å². The number of hydrogen-bond donors (Lipinski definition) is 0. The van der Waals surface area contributed by atoms with Gasteiger partial charge in [0.1, 0.15) is 0 Å². The van der Waals surface area contributed by atoms with E-state index in [-0.39, 0.29) is 15.5 Å². The molecule has 0 unspecified atom stereocenters. The van der Waals surface area contributed by atoms with Crippen molar-refractivity contribution in [1.29, 1.82) is 0 Å². The van der Waals surface area contributed by atoms with Crippen molar-refractivity contribution >= 4 is 9.84 Å². The molecule has 0 aliphatic rings. The minimum absolute atomic E-state index is 0.0332. The minimum atomic E-state index is -3.86. The molecule has 1 aromatic carbocycles. The molecule has 0 atom stereocenters. The van der Waals surface area contributed by atoms with Crippen molar-refractivity contribution in [3.05, 3.63) is 41.2 Å². The molecular formula is C9H8N2O4S. The van der Waals surface area contributed by atoms with E-state index < -0.39 is 14.9 Å². The number of benzene rings is 1. The molecule has 0 fully saturated rings. The third-order valence-corrected chi connectivity index (χ3v) is 3.88. The molecule has 0 saturated heterocycles. The molecular weight excluding hydrogens is 232 g/mol. The Hall–Kier alpha value is -1.89. The maximum Gasteiger partial charge on any atom is 0.316 e. The molecule has 0 saturated carbocycles. The maximum absolute atomic E-state index is 12.0. The van der Waals surface area contributed by atoms with Crippen molar-refractivity contribution in [2.75, 3.05) is 0 Å². The normalized spacial score (nSPS) is 11.6. The van der Waals surface area contributed by atoms with E-state index in [9.17, 15) is 13.6 Å². The highest BCUT2D eigenvalue weighted by molar-refractivity contribution is 7.91. The molecule has 0 radical (unpaired) electrons. The van der Waals surface area contributed by atoms with Gasteiger partial charge in [0.2, 0.25) is 5.69 Å². The molecule has 6 nitrogen and oxygen atoms in total. The lowest BCUT2D eigenvalue weighted by atomic mass is 10.4. The van der Waals surface area contributed by atoms with Crippen LogP contribution in [-0.4, -0.2) is 13.6 Å². The van der Waals surface area contributed by atoms with E-state index in [4.69, 9.17) is 0 Å². The highest BCUT2D eigenvalue weighted by atomic mass is 32.2. The highest BCUT2D eigenvalue weighted by Crippen LogP contribution is 2.19. The fourth-order valence-electron chi connectivity index (χ4n) is 1.31. The first-order chi connectivity index (χ1) is 7.53. The van der Waals surface area contributed by atoms with Crippen molar-refractivity contribution in [3.63, 3.8) is 0 Å². The number of sulfone groups is 1. The van der Waals surface area contributed by atoms with Gasteiger partial charge in [-0.2, -0.15) is 0 Å². The molecule has 7 heteroatoms. The molecule has 84 valence electrons. The molecule has 0 bridgehead atoms. The van der Waals surface area contributed by atoms with Crippen LogP contribution in [0.3, 0.4) is 0 Å². The summed E-state index contributed by atoms with van der Waals surface area (Å²) in [5.41, 5.74) is 0.0406. The van der Waals surface area contributed by atoms with E-state index in [0.29, 0.717) is 0 Å². The van der Waals surface area contributed by atoms with Gasteiger partial charge in [-0.1, -0.05) is 18.2 Å². The van der Waals surface area contributed by atoms with Crippen LogP contribution < -0.4 is 4.90 Å². The summed E-state index contributed by atoms with van der Waals surface area (Å²) in [5, 5.41) is 14.0. The Balaban J connectivity index is 2.66. The quantitative estimate of drug-likeness (QED) is 0.711. The zero-order valence-electron chi connectivity index (χ0n) is 8.32. The summed E-state index contributed by atoms with van der Waals surface area (Å²) in [5.74, 6) is 0. The second-order valence-electron chi connectivity index (χ2n) is 3.14. The van der Waals surface area contributed by atoms with Crippen LogP contribution in [0.5, 0.6) is 0 Å². The van der Waals surface area contributed by atoms with Crippen LogP contribution in [0.25, 0.3) is 0 Å². The van der Waals surface area contributed by atoms with E-state index in [2.05, 4.69) is 9.79 Å². The summed E-state index contributed by atoms with van der Waals surface area (Å²) < 4.78 is 28.3. The predicted octanol–water partition coefficient (Wildman–Crippen LogP) is 0.449. The number of rotatable bonds is 2. The molecule has 16 heavy (non-hydrogen) atoms. The molecule has 1 aromatic heterocycles. The van der Waals surface area contributed by atoms with Gasteiger partial charge in [0.25, 0.3) is 9.84 Å². The van der Waals surface area contributed by atoms with Crippen LogP contribution in [0.4, 0.5) is 0 Å². The van der Waals surface area contributed by atoms with Crippen LogP contribution in [-0.2, 0) is 9.84 Å². The third-order valence-electron chi connectivity index (χ3n) is 2.04. The molecule has 0 spiro atoms. The van der Waals surface area contributed by atoms with E-state index in [1.54, 1.807) is 18.2 Å². The summed E-state index contributed by atoms with van der Waals surface area (Å²) in [6, 6.07) is 7.64. The van der Waals surface area contributed by atoms with Gasteiger partial charge < -0.3 is 5.21 Å². The van der Waals surface area contributed by atoms with Gasteiger partial charge in [0.05, 0.1) is 4.90 Å². The Bertz CT molecular complexity index is 584. The van der Waals surface area contributed by atoms with E-state index in [0.717, 1.165) is 0 Å². The minimum Gasteiger partial charge on any atom is -0.358 e. The Labute approximate surface area is 91.6 Å². The molecule has 0 aliphatic carbocycles. The summed E-state index contributed by atoms with van der Waals surface area (Å²) >= 11 is 0. The lowest BCUT2D eigenvalue weighted by molar-refractivity contribution is -0.832. The molecule has 2 aromatic rings. The van der Waals surface area contributed by atoms with Gasteiger partial charge in [0, 0.05) is 12.1 Å². The van der Waals surface area contributed by atoms with Crippen LogP contribution in [0, 0.1) is 12.1 Å². The standard InChI is InChI=1S/C9H8N2O4S/c1-7-9(11(12)15-10-7)16(13,14)8-5-3-2-4-6-8/h2-6H,1H3. The second-order valence-corrected chi connectivity index (χ2v) is 5.00. The first-order valence-corrected chi connectivity index (χ1v) is 5.88. The Morgan fingerprint density at radius 1 is 1.31 bits per heavy atom. The first-order valence-electron chi connectivity index (χ1n) is 4.40. The van der Waals surface area contributed by atoms with Gasteiger partial charge in [-0.25, -0.2) is 8.42 Å². The fraction of sp³-hybridized carbons (Fsp3) is 0.111. The van der Waals surface area contributed by atoms with Gasteiger partial charge >= 0.3 is 5.03 Å².